The number of para-hydroxylation sites is 2. The van der Waals surface area contributed by atoms with Gasteiger partial charge in [-0.25, -0.2) is 4.98 Å². The molecule has 0 fully saturated rings. The van der Waals surface area contributed by atoms with Gasteiger partial charge in [0.25, 0.3) is 0 Å². The van der Waals surface area contributed by atoms with Crippen molar-refractivity contribution in [1.29, 1.82) is 0 Å². The van der Waals surface area contributed by atoms with E-state index in [1.807, 2.05) is 6.07 Å². The zero-order valence-electron chi connectivity index (χ0n) is 12.2. The van der Waals surface area contributed by atoms with E-state index < -0.39 is 0 Å². The van der Waals surface area contributed by atoms with Crippen LogP contribution in [-0.4, -0.2) is 9.55 Å². The van der Waals surface area contributed by atoms with Gasteiger partial charge in [-0.15, -0.1) is 0 Å². The van der Waals surface area contributed by atoms with Crippen molar-refractivity contribution in [3.8, 4) is 0 Å². The second-order valence-electron chi connectivity index (χ2n) is 5.70. The number of nitrogens with one attached hydrogen (secondary N) is 1. The van der Waals surface area contributed by atoms with Gasteiger partial charge in [0.1, 0.15) is 11.6 Å². The zero-order chi connectivity index (χ0) is 14.2. The zero-order valence-corrected chi connectivity index (χ0v) is 12.2. The van der Waals surface area contributed by atoms with Gasteiger partial charge in [0, 0.05) is 25.1 Å². The molecule has 0 saturated heterocycles. The molecule has 3 aromatic rings. The lowest BCUT2D eigenvalue weighted by molar-refractivity contribution is 0.406. The SMILES string of the molecule is Cn1c(CNC2CCCc3occc32)nc2ccccc21. The Hall–Kier alpha value is -2.07. The molecule has 0 saturated carbocycles. The Balaban J connectivity index is 1.56. The summed E-state index contributed by atoms with van der Waals surface area (Å²) < 4.78 is 7.72. The van der Waals surface area contributed by atoms with Crippen LogP contribution in [-0.2, 0) is 20.0 Å². The summed E-state index contributed by atoms with van der Waals surface area (Å²) in [6.07, 6.45) is 5.21. The smallest absolute Gasteiger partial charge is 0.123 e. The van der Waals surface area contributed by atoms with Gasteiger partial charge in [-0.05, 0) is 31.0 Å². The molecule has 0 radical (unpaired) electrons. The minimum atomic E-state index is 0.382. The van der Waals surface area contributed by atoms with E-state index in [2.05, 4.69) is 41.2 Å². The van der Waals surface area contributed by atoms with Crippen LogP contribution in [0.1, 0.15) is 36.0 Å². The van der Waals surface area contributed by atoms with Gasteiger partial charge in [0.2, 0.25) is 0 Å². The number of benzene rings is 1. The average molecular weight is 281 g/mol. The van der Waals surface area contributed by atoms with Crippen LogP contribution in [0, 0.1) is 0 Å². The molecule has 0 amide bonds. The Morgan fingerprint density at radius 3 is 3.14 bits per heavy atom. The Bertz CT molecular complexity index is 771. The molecule has 0 bridgehead atoms. The number of hydrogen-bond acceptors (Lipinski definition) is 3. The van der Waals surface area contributed by atoms with Crippen LogP contribution < -0.4 is 5.32 Å². The summed E-state index contributed by atoms with van der Waals surface area (Å²) >= 11 is 0. The van der Waals surface area contributed by atoms with E-state index in [0.29, 0.717) is 6.04 Å². The van der Waals surface area contributed by atoms with E-state index in [1.54, 1.807) is 6.26 Å². The first kappa shape index (κ1) is 12.7. The molecule has 1 unspecified atom stereocenters. The van der Waals surface area contributed by atoms with Crippen LogP contribution in [0.2, 0.25) is 0 Å². The Morgan fingerprint density at radius 2 is 2.24 bits per heavy atom. The number of imidazole rings is 1. The molecule has 4 nitrogen and oxygen atoms in total. The lowest BCUT2D eigenvalue weighted by Crippen LogP contribution is -2.25. The summed E-state index contributed by atoms with van der Waals surface area (Å²) in [6.45, 7) is 0.778. The Labute approximate surface area is 123 Å². The average Bonchev–Trinajstić information content (AvgIpc) is 3.11. The van der Waals surface area contributed by atoms with Crippen LogP contribution in [0.3, 0.4) is 0 Å². The summed E-state index contributed by atoms with van der Waals surface area (Å²) in [7, 11) is 2.08. The van der Waals surface area contributed by atoms with Gasteiger partial charge in [0.05, 0.1) is 23.8 Å². The van der Waals surface area contributed by atoms with E-state index in [4.69, 9.17) is 9.40 Å². The molecule has 4 heteroatoms. The highest BCUT2D eigenvalue weighted by atomic mass is 16.3. The van der Waals surface area contributed by atoms with E-state index >= 15 is 0 Å². The number of rotatable bonds is 3. The molecule has 2 heterocycles. The second kappa shape index (κ2) is 5.04. The third-order valence-corrected chi connectivity index (χ3v) is 4.44. The molecule has 1 aliphatic carbocycles. The van der Waals surface area contributed by atoms with Crippen molar-refractivity contribution in [1.82, 2.24) is 14.9 Å². The first-order valence-corrected chi connectivity index (χ1v) is 7.53. The standard InChI is InChI=1S/C17H19N3O/c1-20-15-7-3-2-5-14(15)19-17(20)11-18-13-6-4-8-16-12(13)9-10-21-16/h2-3,5,7,9-10,13,18H,4,6,8,11H2,1H3. The Kier molecular flexibility index (Phi) is 3.04. The Morgan fingerprint density at radius 1 is 1.33 bits per heavy atom. The van der Waals surface area contributed by atoms with Crippen LogP contribution in [0.15, 0.2) is 41.0 Å². The maximum absolute atomic E-state index is 5.55. The molecule has 108 valence electrons. The molecular weight excluding hydrogens is 262 g/mol. The quantitative estimate of drug-likeness (QED) is 0.800. The summed E-state index contributed by atoms with van der Waals surface area (Å²) in [5.41, 5.74) is 3.56. The molecule has 1 atom stereocenters. The van der Waals surface area contributed by atoms with E-state index in [9.17, 15) is 0 Å². The summed E-state index contributed by atoms with van der Waals surface area (Å²) in [5, 5.41) is 3.64. The number of hydrogen-bond donors (Lipinski definition) is 1. The number of furan rings is 1. The molecule has 0 aliphatic heterocycles. The van der Waals surface area contributed by atoms with E-state index in [0.717, 1.165) is 36.5 Å². The highest BCUT2D eigenvalue weighted by molar-refractivity contribution is 5.75. The number of fused-ring (bicyclic) bond motifs is 2. The molecule has 0 spiro atoms. The second-order valence-corrected chi connectivity index (χ2v) is 5.70. The van der Waals surface area contributed by atoms with Crippen molar-refractivity contribution in [3.63, 3.8) is 0 Å². The molecule has 1 aromatic carbocycles. The number of aromatic nitrogens is 2. The molecule has 4 rings (SSSR count). The van der Waals surface area contributed by atoms with Crippen molar-refractivity contribution in [2.75, 3.05) is 0 Å². The third kappa shape index (κ3) is 2.16. The summed E-state index contributed by atoms with van der Waals surface area (Å²) in [6, 6.07) is 10.7. The van der Waals surface area contributed by atoms with Gasteiger partial charge in [0.15, 0.2) is 0 Å². The van der Waals surface area contributed by atoms with Gasteiger partial charge >= 0.3 is 0 Å². The number of aryl methyl sites for hydroxylation is 2. The monoisotopic (exact) mass is 281 g/mol. The van der Waals surface area contributed by atoms with Crippen LogP contribution in [0.25, 0.3) is 11.0 Å². The molecule has 21 heavy (non-hydrogen) atoms. The van der Waals surface area contributed by atoms with Gasteiger partial charge < -0.3 is 14.3 Å². The van der Waals surface area contributed by atoms with Crippen LogP contribution >= 0.6 is 0 Å². The fraction of sp³-hybridized carbons (Fsp3) is 0.353. The third-order valence-electron chi connectivity index (χ3n) is 4.44. The first-order valence-electron chi connectivity index (χ1n) is 7.53. The lowest BCUT2D eigenvalue weighted by atomic mass is 9.93. The largest absolute Gasteiger partial charge is 0.469 e. The summed E-state index contributed by atoms with van der Waals surface area (Å²) in [5.74, 6) is 2.22. The molecule has 2 aromatic heterocycles. The van der Waals surface area contributed by atoms with Gasteiger partial charge in [-0.3, -0.25) is 0 Å². The first-order chi connectivity index (χ1) is 10.3. The number of nitrogens with zero attached hydrogens (tertiary/aromatic N) is 2. The predicted octanol–water partition coefficient (Wildman–Crippen LogP) is 3.33. The maximum atomic E-state index is 5.55. The fourth-order valence-corrected chi connectivity index (χ4v) is 3.27. The molecule has 1 aliphatic rings. The van der Waals surface area contributed by atoms with Crippen molar-refractivity contribution in [2.45, 2.75) is 31.8 Å². The van der Waals surface area contributed by atoms with Crippen molar-refractivity contribution in [3.05, 3.63) is 53.7 Å². The van der Waals surface area contributed by atoms with Crippen LogP contribution in [0.5, 0.6) is 0 Å². The normalized spacial score (nSPS) is 18.0. The van der Waals surface area contributed by atoms with Crippen molar-refractivity contribution < 1.29 is 4.42 Å². The van der Waals surface area contributed by atoms with Crippen molar-refractivity contribution in [2.24, 2.45) is 7.05 Å². The molecule has 1 N–H and O–H groups in total. The van der Waals surface area contributed by atoms with Crippen molar-refractivity contribution >= 4 is 11.0 Å². The van der Waals surface area contributed by atoms with E-state index in [-0.39, 0.29) is 0 Å². The lowest BCUT2D eigenvalue weighted by Gasteiger charge is -2.22. The topological polar surface area (TPSA) is 43.0 Å². The van der Waals surface area contributed by atoms with Gasteiger partial charge in [-0.1, -0.05) is 12.1 Å². The van der Waals surface area contributed by atoms with E-state index in [1.165, 1.54) is 17.5 Å². The molecular formula is C17H19N3O. The minimum absolute atomic E-state index is 0.382. The van der Waals surface area contributed by atoms with Gasteiger partial charge in [-0.2, -0.15) is 0 Å². The predicted molar refractivity (Wildman–Crippen MR) is 81.9 cm³/mol. The highest BCUT2D eigenvalue weighted by Crippen LogP contribution is 2.30. The minimum Gasteiger partial charge on any atom is -0.469 e. The fourth-order valence-electron chi connectivity index (χ4n) is 3.27. The maximum Gasteiger partial charge on any atom is 0.123 e. The van der Waals surface area contributed by atoms with Crippen LogP contribution in [0.4, 0.5) is 0 Å². The highest BCUT2D eigenvalue weighted by Gasteiger charge is 2.22. The summed E-state index contributed by atoms with van der Waals surface area (Å²) in [4.78, 5) is 4.72.